The number of nitrogens with one attached hydrogen (secondary N) is 1. The van der Waals surface area contributed by atoms with Crippen LogP contribution in [0.25, 0.3) is 0 Å². The molecule has 0 bridgehead atoms. The first-order chi connectivity index (χ1) is 11.0. The number of hydrogen-bond donors (Lipinski definition) is 2. The number of pyridine rings is 1. The predicted molar refractivity (Wildman–Crippen MR) is 80.1 cm³/mol. The van der Waals surface area contributed by atoms with Crippen molar-refractivity contribution in [2.45, 2.75) is 6.42 Å². The second-order valence-electron chi connectivity index (χ2n) is 4.97. The van der Waals surface area contributed by atoms with E-state index in [9.17, 15) is 19.1 Å². The van der Waals surface area contributed by atoms with Gasteiger partial charge in [0.2, 0.25) is 5.78 Å². The van der Waals surface area contributed by atoms with E-state index in [-0.39, 0.29) is 17.1 Å². The molecule has 0 atom stereocenters. The number of H-pyrrole nitrogens is 1. The number of hydrogen-bond acceptors (Lipinski definition) is 4. The third-order valence-corrected chi connectivity index (χ3v) is 3.36. The minimum Gasteiger partial charge on any atom is -0.503 e. The third kappa shape index (κ3) is 3.06. The Labute approximate surface area is 130 Å². The first-order valence-corrected chi connectivity index (χ1v) is 6.83. The molecule has 5 nitrogen and oxygen atoms in total. The molecule has 2 heterocycles. The molecule has 6 heteroatoms. The quantitative estimate of drug-likeness (QED) is 0.725. The van der Waals surface area contributed by atoms with Gasteiger partial charge in [0.05, 0.1) is 5.56 Å². The zero-order valence-electron chi connectivity index (χ0n) is 11.9. The summed E-state index contributed by atoms with van der Waals surface area (Å²) < 4.78 is 18.3. The maximum absolute atomic E-state index is 12.9. The summed E-state index contributed by atoms with van der Waals surface area (Å²) in [6.07, 6.45) is 1.67. The molecule has 3 aromatic rings. The van der Waals surface area contributed by atoms with Gasteiger partial charge < -0.3 is 14.5 Å². The number of ketones is 1. The van der Waals surface area contributed by atoms with Gasteiger partial charge in [-0.15, -0.1) is 0 Å². The predicted octanol–water partition coefficient (Wildman–Crippen LogP) is 2.63. The van der Waals surface area contributed by atoms with E-state index < -0.39 is 17.1 Å². The molecule has 0 saturated heterocycles. The van der Waals surface area contributed by atoms with E-state index in [4.69, 9.17) is 4.42 Å². The summed E-state index contributed by atoms with van der Waals surface area (Å²) in [5.41, 5.74) is -0.0378. The number of aromatic amines is 1. The number of benzene rings is 1. The van der Waals surface area contributed by atoms with Crippen LogP contribution in [0, 0.1) is 5.82 Å². The summed E-state index contributed by atoms with van der Waals surface area (Å²) in [6, 6.07) is 10.4. The Morgan fingerprint density at radius 2 is 1.87 bits per heavy atom. The van der Waals surface area contributed by atoms with Crippen LogP contribution >= 0.6 is 0 Å². The number of rotatable bonds is 4. The summed E-state index contributed by atoms with van der Waals surface area (Å²) in [6.45, 7) is 0. The molecule has 2 N–H and O–H groups in total. The van der Waals surface area contributed by atoms with Gasteiger partial charge in [-0.1, -0.05) is 12.1 Å². The van der Waals surface area contributed by atoms with Gasteiger partial charge in [-0.3, -0.25) is 9.59 Å². The zero-order chi connectivity index (χ0) is 16.4. The lowest BCUT2D eigenvalue weighted by Crippen LogP contribution is -2.10. The smallest absolute Gasteiger partial charge is 0.290 e. The highest BCUT2D eigenvalue weighted by Gasteiger charge is 2.19. The molecule has 0 fully saturated rings. The zero-order valence-corrected chi connectivity index (χ0v) is 11.9. The van der Waals surface area contributed by atoms with Crippen molar-refractivity contribution >= 4 is 5.78 Å². The van der Waals surface area contributed by atoms with Crippen molar-refractivity contribution < 1.29 is 18.7 Å². The van der Waals surface area contributed by atoms with Crippen molar-refractivity contribution in [3.05, 3.63) is 87.5 Å². The first-order valence-electron chi connectivity index (χ1n) is 6.83. The highest BCUT2D eigenvalue weighted by molar-refractivity contribution is 6.08. The lowest BCUT2D eigenvalue weighted by Gasteiger charge is -2.01. The number of aromatic nitrogens is 1. The average molecular weight is 313 g/mol. The van der Waals surface area contributed by atoms with Crippen LogP contribution in [0.4, 0.5) is 4.39 Å². The van der Waals surface area contributed by atoms with Gasteiger partial charge in [-0.05, 0) is 35.9 Å². The Kier molecular flexibility index (Phi) is 3.80. The van der Waals surface area contributed by atoms with Crippen molar-refractivity contribution in [2.75, 3.05) is 0 Å². The highest BCUT2D eigenvalue weighted by Crippen LogP contribution is 2.19. The molecule has 116 valence electrons. The lowest BCUT2D eigenvalue weighted by molar-refractivity contribution is 0.100. The molecule has 0 amide bonds. The molecule has 0 aliphatic carbocycles. The van der Waals surface area contributed by atoms with Crippen LogP contribution < -0.4 is 5.56 Å². The fourth-order valence-corrected chi connectivity index (χ4v) is 2.18. The van der Waals surface area contributed by atoms with E-state index in [1.807, 2.05) is 0 Å². The van der Waals surface area contributed by atoms with Crippen molar-refractivity contribution in [1.82, 2.24) is 4.98 Å². The van der Waals surface area contributed by atoms with Crippen LogP contribution in [0.15, 0.2) is 57.9 Å². The molecular formula is C17H12FNO4. The second kappa shape index (κ2) is 5.92. The number of carbonyl (C=O) groups excluding carboxylic acids is 1. The van der Waals surface area contributed by atoms with E-state index >= 15 is 0 Å². The molecule has 0 unspecified atom stereocenters. The van der Waals surface area contributed by atoms with Crippen molar-refractivity contribution in [2.24, 2.45) is 0 Å². The molecule has 0 aliphatic heterocycles. The van der Waals surface area contributed by atoms with Gasteiger partial charge in [0, 0.05) is 12.6 Å². The molecule has 23 heavy (non-hydrogen) atoms. The van der Waals surface area contributed by atoms with E-state index in [1.165, 1.54) is 30.5 Å². The summed E-state index contributed by atoms with van der Waals surface area (Å²) in [5.74, 6) is -1.02. The lowest BCUT2D eigenvalue weighted by atomic mass is 10.1. The van der Waals surface area contributed by atoms with Gasteiger partial charge in [0.1, 0.15) is 11.6 Å². The Hall–Kier alpha value is -3.15. The van der Waals surface area contributed by atoms with E-state index in [2.05, 4.69) is 4.98 Å². The minimum atomic E-state index is -0.742. The van der Waals surface area contributed by atoms with Crippen molar-refractivity contribution in [3.8, 4) is 5.75 Å². The normalized spacial score (nSPS) is 10.7. The summed E-state index contributed by atoms with van der Waals surface area (Å²) >= 11 is 0. The van der Waals surface area contributed by atoms with Gasteiger partial charge >= 0.3 is 0 Å². The average Bonchev–Trinajstić information content (AvgIpc) is 3.00. The van der Waals surface area contributed by atoms with Crippen molar-refractivity contribution in [1.29, 1.82) is 0 Å². The van der Waals surface area contributed by atoms with Crippen LogP contribution in [0.5, 0.6) is 5.75 Å². The number of halogens is 1. The van der Waals surface area contributed by atoms with Gasteiger partial charge in [-0.2, -0.15) is 0 Å². The largest absolute Gasteiger partial charge is 0.503 e. The maximum atomic E-state index is 12.9. The number of carbonyl (C=O) groups is 1. The Bertz CT molecular complexity index is 909. The van der Waals surface area contributed by atoms with Crippen LogP contribution in [0.1, 0.15) is 27.4 Å². The van der Waals surface area contributed by atoms with Crippen LogP contribution in [-0.2, 0) is 6.42 Å². The molecule has 2 aromatic heterocycles. The van der Waals surface area contributed by atoms with Gasteiger partial charge in [0.25, 0.3) is 5.56 Å². The first kappa shape index (κ1) is 14.8. The summed E-state index contributed by atoms with van der Waals surface area (Å²) in [5, 5.41) is 9.66. The molecule has 0 spiro atoms. The molecular weight excluding hydrogens is 301 g/mol. The van der Waals surface area contributed by atoms with Gasteiger partial charge in [-0.25, -0.2) is 4.39 Å². The highest BCUT2D eigenvalue weighted by atomic mass is 19.1. The second-order valence-corrected chi connectivity index (χ2v) is 4.97. The van der Waals surface area contributed by atoms with E-state index in [0.29, 0.717) is 12.2 Å². The van der Waals surface area contributed by atoms with Gasteiger partial charge in [0.15, 0.2) is 11.5 Å². The molecule has 0 aliphatic rings. The fourth-order valence-electron chi connectivity index (χ4n) is 2.18. The topological polar surface area (TPSA) is 83.3 Å². The van der Waals surface area contributed by atoms with E-state index in [1.54, 1.807) is 18.2 Å². The Balaban J connectivity index is 1.84. The van der Waals surface area contributed by atoms with Crippen LogP contribution in [0.3, 0.4) is 0 Å². The van der Waals surface area contributed by atoms with E-state index in [0.717, 1.165) is 5.56 Å². The van der Waals surface area contributed by atoms with Crippen molar-refractivity contribution in [3.63, 3.8) is 0 Å². The Morgan fingerprint density at radius 1 is 1.13 bits per heavy atom. The summed E-state index contributed by atoms with van der Waals surface area (Å²) in [7, 11) is 0. The number of furan rings is 1. The van der Waals surface area contributed by atoms with Crippen LogP contribution in [0.2, 0.25) is 0 Å². The molecule has 3 rings (SSSR count). The monoisotopic (exact) mass is 313 g/mol. The standard InChI is InChI=1S/C17H12FNO4/c18-11-3-1-10(2-4-11)9-12-5-6-14(23-12)15(20)13-7-8-19-17(22)16(13)21/h1-8,21H,9H2,(H,19,22). The SMILES string of the molecule is O=C(c1ccc(Cc2ccc(F)cc2)o1)c1cc[nH]c(=O)c1O. The summed E-state index contributed by atoms with van der Waals surface area (Å²) in [4.78, 5) is 25.9. The Morgan fingerprint density at radius 3 is 2.61 bits per heavy atom. The third-order valence-electron chi connectivity index (χ3n) is 3.36. The minimum absolute atomic E-state index is 0.0167. The molecule has 0 saturated carbocycles. The van der Waals surface area contributed by atoms with Crippen LogP contribution in [-0.4, -0.2) is 15.9 Å². The molecule has 0 radical (unpaired) electrons. The molecule has 1 aromatic carbocycles. The fraction of sp³-hybridized carbons (Fsp3) is 0.0588. The maximum Gasteiger partial charge on any atom is 0.290 e. The number of aromatic hydroxyl groups is 1.